The highest BCUT2D eigenvalue weighted by atomic mass is 16.5. The van der Waals surface area contributed by atoms with Crippen LogP contribution in [-0.2, 0) is 4.74 Å². The van der Waals surface area contributed by atoms with Crippen LogP contribution in [-0.4, -0.2) is 104 Å². The van der Waals surface area contributed by atoms with E-state index in [1.807, 2.05) is 0 Å². The number of anilines is 6. The zero-order chi connectivity index (χ0) is 34.1. The largest absolute Gasteiger partial charge is 0.477 e. The molecule has 0 spiro atoms. The summed E-state index contributed by atoms with van der Waals surface area (Å²) in [5, 5.41) is 14.6. The van der Waals surface area contributed by atoms with Gasteiger partial charge in [-0.2, -0.15) is 0 Å². The summed E-state index contributed by atoms with van der Waals surface area (Å²) in [6.07, 6.45) is 10.6. The fourth-order valence-electron chi connectivity index (χ4n) is 6.35. The van der Waals surface area contributed by atoms with Gasteiger partial charge < -0.3 is 19.6 Å². The number of carbonyl (C=O) groups excluding carboxylic acids is 3. The highest BCUT2D eigenvalue weighted by molar-refractivity contribution is 6.05. The number of carboxylic acids is 1. The third kappa shape index (κ3) is 6.06. The maximum absolute atomic E-state index is 12.8. The van der Waals surface area contributed by atoms with Crippen LogP contribution in [0.3, 0.4) is 0 Å². The molecular weight excluding hydrogens is 636 g/mol. The Morgan fingerprint density at radius 2 is 1.22 bits per heavy atom. The van der Waals surface area contributed by atoms with Crippen molar-refractivity contribution in [3.8, 4) is 0 Å². The smallest absolute Gasteiger partial charge is 0.356 e. The normalized spacial score (nSPS) is 18.1. The minimum atomic E-state index is -1.12. The molecule has 49 heavy (non-hydrogen) atoms. The second-order valence-electron chi connectivity index (χ2n) is 11.4. The Morgan fingerprint density at radius 3 is 1.67 bits per heavy atom. The Hall–Kier alpha value is -6.46. The number of urea groups is 2. The number of esters is 1. The molecule has 0 aliphatic carbocycles. The number of amides is 4. The number of hydrogen-bond acceptors (Lipinski definition) is 13. The quantitative estimate of drug-likeness (QED) is 0.267. The summed E-state index contributed by atoms with van der Waals surface area (Å²) in [6, 6.07) is 5.78. The molecule has 4 amide bonds. The van der Waals surface area contributed by atoms with Gasteiger partial charge in [-0.05, 0) is 37.1 Å². The first kappa shape index (κ1) is 31.2. The predicted octanol–water partition coefficient (Wildman–Crippen LogP) is 2.49. The third-order valence-corrected chi connectivity index (χ3v) is 8.55. The minimum Gasteiger partial charge on any atom is -0.477 e. The van der Waals surface area contributed by atoms with Gasteiger partial charge in [0.25, 0.3) is 0 Å². The second-order valence-corrected chi connectivity index (χ2v) is 11.4. The van der Waals surface area contributed by atoms with Gasteiger partial charge >= 0.3 is 24.0 Å². The summed E-state index contributed by atoms with van der Waals surface area (Å²) in [7, 11) is 1.30. The molecule has 0 saturated carbocycles. The fraction of sp³-hybridized carbons (Fsp3) is 0.290. The highest BCUT2D eigenvalue weighted by Gasteiger charge is 2.42. The SMILES string of the molecule is COC(=O)c1ccc2c(n1)N(C(=O)Nc1cnccn1)[C@H]1CCN2C1.O=C(O)c1ccc2c(n1)N(C(=O)Nc1cnccn1)[C@H]1CCN2C1. The monoisotopic (exact) mass is 666 g/mol. The van der Waals surface area contributed by atoms with Gasteiger partial charge in [-0.15, -0.1) is 0 Å². The Labute approximate surface area is 278 Å². The summed E-state index contributed by atoms with van der Waals surface area (Å²) in [5.74, 6) is -0.148. The third-order valence-electron chi connectivity index (χ3n) is 8.55. The molecule has 4 bridgehead atoms. The fourth-order valence-corrected chi connectivity index (χ4v) is 6.35. The molecular formula is C31H30N12O6. The molecule has 2 saturated heterocycles. The van der Waals surface area contributed by atoms with Crippen LogP contribution in [0.5, 0.6) is 0 Å². The second kappa shape index (κ2) is 13.0. The van der Waals surface area contributed by atoms with Gasteiger partial charge in [-0.1, -0.05) is 0 Å². The lowest BCUT2D eigenvalue weighted by atomic mass is 10.2. The molecule has 250 valence electrons. The van der Waals surface area contributed by atoms with Crippen molar-refractivity contribution in [1.82, 2.24) is 29.9 Å². The van der Waals surface area contributed by atoms with Crippen molar-refractivity contribution >= 4 is 58.6 Å². The number of aromatic nitrogens is 6. The molecule has 0 unspecified atom stereocenters. The molecule has 4 aromatic heterocycles. The zero-order valence-corrected chi connectivity index (χ0v) is 26.1. The van der Waals surface area contributed by atoms with Gasteiger partial charge in [0.2, 0.25) is 0 Å². The van der Waals surface area contributed by atoms with E-state index in [2.05, 4.69) is 50.3 Å². The Balaban J connectivity index is 0.000000154. The number of nitrogens with one attached hydrogen (secondary N) is 2. The number of aromatic carboxylic acids is 1. The van der Waals surface area contributed by atoms with E-state index in [-0.39, 0.29) is 29.5 Å². The molecule has 2 atom stereocenters. The van der Waals surface area contributed by atoms with Gasteiger partial charge in [-0.25, -0.2) is 39.1 Å². The van der Waals surface area contributed by atoms with Crippen molar-refractivity contribution in [3.05, 3.63) is 72.8 Å². The molecule has 18 nitrogen and oxygen atoms in total. The van der Waals surface area contributed by atoms with Crippen molar-refractivity contribution < 1.29 is 29.0 Å². The molecule has 0 radical (unpaired) electrons. The van der Waals surface area contributed by atoms with Crippen LogP contribution in [0.2, 0.25) is 0 Å². The van der Waals surface area contributed by atoms with E-state index in [1.54, 1.807) is 23.1 Å². The van der Waals surface area contributed by atoms with E-state index < -0.39 is 18.0 Å². The molecule has 8 rings (SSSR count). The summed E-state index contributed by atoms with van der Waals surface area (Å²) < 4.78 is 4.74. The van der Waals surface area contributed by atoms with E-state index in [0.29, 0.717) is 29.8 Å². The number of carbonyl (C=O) groups is 4. The summed E-state index contributed by atoms with van der Waals surface area (Å²) in [5.41, 5.74) is 1.67. The van der Waals surface area contributed by atoms with Gasteiger partial charge in [0.05, 0.1) is 43.0 Å². The van der Waals surface area contributed by atoms with Crippen molar-refractivity contribution in [2.45, 2.75) is 24.9 Å². The summed E-state index contributed by atoms with van der Waals surface area (Å²) in [6.45, 7) is 3.08. The number of pyridine rings is 2. The van der Waals surface area contributed by atoms with E-state index in [0.717, 1.165) is 43.9 Å². The number of fused-ring (bicyclic) bond motifs is 8. The first-order valence-electron chi connectivity index (χ1n) is 15.4. The lowest BCUT2D eigenvalue weighted by Crippen LogP contribution is -2.48. The maximum Gasteiger partial charge on any atom is 0.356 e. The number of nitrogens with zero attached hydrogens (tertiary/aromatic N) is 10. The van der Waals surface area contributed by atoms with Crippen molar-refractivity contribution in [3.63, 3.8) is 0 Å². The number of ether oxygens (including phenoxy) is 1. The predicted molar refractivity (Wildman–Crippen MR) is 175 cm³/mol. The van der Waals surface area contributed by atoms with Crippen LogP contribution in [0.4, 0.5) is 44.2 Å². The number of methoxy groups -OCH3 is 1. The molecule has 8 heterocycles. The van der Waals surface area contributed by atoms with Crippen LogP contribution < -0.4 is 30.2 Å². The van der Waals surface area contributed by atoms with Crippen LogP contribution in [0, 0.1) is 0 Å². The topological polar surface area (TPSA) is 212 Å². The van der Waals surface area contributed by atoms with E-state index in [1.165, 1.54) is 55.3 Å². The zero-order valence-electron chi connectivity index (χ0n) is 26.1. The molecule has 0 aromatic carbocycles. The van der Waals surface area contributed by atoms with Gasteiger partial charge in [0.1, 0.15) is 0 Å². The van der Waals surface area contributed by atoms with E-state index in [4.69, 9.17) is 4.74 Å². The molecule has 4 aliphatic rings. The van der Waals surface area contributed by atoms with Crippen LogP contribution in [0.15, 0.2) is 61.4 Å². The molecule has 4 aliphatic heterocycles. The Kier molecular flexibility index (Phi) is 8.25. The number of hydrogen-bond donors (Lipinski definition) is 3. The molecule has 2 fully saturated rings. The maximum atomic E-state index is 12.8. The van der Waals surface area contributed by atoms with Crippen LogP contribution in [0.1, 0.15) is 33.8 Å². The van der Waals surface area contributed by atoms with E-state index in [9.17, 15) is 24.3 Å². The number of rotatable bonds is 4. The minimum absolute atomic E-state index is 0.00966. The van der Waals surface area contributed by atoms with Gasteiger partial charge in [-0.3, -0.25) is 30.4 Å². The average molecular weight is 667 g/mol. The van der Waals surface area contributed by atoms with Gasteiger partial charge in [0, 0.05) is 51.0 Å². The lowest BCUT2D eigenvalue weighted by Gasteiger charge is -2.35. The van der Waals surface area contributed by atoms with Crippen molar-refractivity contribution in [1.29, 1.82) is 0 Å². The highest BCUT2D eigenvalue weighted by Crippen LogP contribution is 2.40. The van der Waals surface area contributed by atoms with Crippen molar-refractivity contribution in [2.75, 3.05) is 63.5 Å². The lowest BCUT2D eigenvalue weighted by molar-refractivity contribution is 0.0593. The summed E-state index contributed by atoms with van der Waals surface area (Å²) >= 11 is 0. The first-order chi connectivity index (χ1) is 23.8. The average Bonchev–Trinajstić information content (AvgIpc) is 3.74. The van der Waals surface area contributed by atoms with Crippen LogP contribution in [0.25, 0.3) is 0 Å². The number of carboxylic acid groups (broad SMARTS) is 1. The van der Waals surface area contributed by atoms with E-state index >= 15 is 0 Å². The standard InChI is InChI=1S/C16H16N6O3.C15H14N6O3/c1-25-15(23)11-2-3-12-14(19-11)22(10-4-7-21(12)9-10)16(24)20-13-8-17-5-6-18-13;22-14(23)10-1-2-11-13(18-10)21(9-3-6-20(11)8-9)15(24)19-12-7-16-4-5-17-12/h2-3,5-6,8,10H,4,7,9H2,1H3,(H,18,20,24);1-2,4-5,7,9H,3,6,8H2,(H,22,23)(H,17,19,24)/t10-;9-/m00/s1. The Bertz CT molecular complexity index is 1920. The summed E-state index contributed by atoms with van der Waals surface area (Å²) in [4.78, 5) is 80.5. The molecule has 4 aromatic rings. The Morgan fingerprint density at radius 1 is 0.735 bits per heavy atom. The molecule has 18 heteroatoms. The molecule has 3 N–H and O–H groups in total. The van der Waals surface area contributed by atoms with Crippen molar-refractivity contribution in [2.24, 2.45) is 0 Å². The first-order valence-corrected chi connectivity index (χ1v) is 15.4. The van der Waals surface area contributed by atoms with Crippen LogP contribution >= 0.6 is 0 Å². The van der Waals surface area contributed by atoms with Gasteiger partial charge in [0.15, 0.2) is 34.7 Å².